The summed E-state index contributed by atoms with van der Waals surface area (Å²) in [4.78, 5) is 0. The molecular formula is C10H11Br3N4. The Morgan fingerprint density at radius 2 is 1.88 bits per heavy atom. The van der Waals surface area contributed by atoms with Crippen LogP contribution in [0.15, 0.2) is 19.7 Å². The molecule has 2 rings (SSSR count). The predicted octanol–water partition coefficient (Wildman–Crippen LogP) is 3.74. The van der Waals surface area contributed by atoms with Gasteiger partial charge in [0.15, 0.2) is 0 Å². The van der Waals surface area contributed by atoms with Gasteiger partial charge in [0.05, 0.1) is 22.4 Å². The average molecular weight is 427 g/mol. The van der Waals surface area contributed by atoms with Gasteiger partial charge in [-0.3, -0.25) is 9.36 Å². The number of hydrogen-bond acceptors (Lipinski definition) is 2. The second kappa shape index (κ2) is 5.24. The van der Waals surface area contributed by atoms with Crippen LogP contribution in [0, 0.1) is 6.92 Å². The van der Waals surface area contributed by atoms with Crippen molar-refractivity contribution >= 4 is 47.8 Å². The highest BCUT2D eigenvalue weighted by Crippen LogP contribution is 2.24. The number of aromatic nitrogens is 4. The Hall–Kier alpha value is -0.140. The molecule has 0 aliphatic rings. The van der Waals surface area contributed by atoms with Crippen LogP contribution in [0.1, 0.15) is 18.3 Å². The zero-order valence-electron chi connectivity index (χ0n) is 9.41. The molecular weight excluding hydrogens is 416 g/mol. The smallest absolute Gasteiger partial charge is 0.129 e. The quantitative estimate of drug-likeness (QED) is 0.749. The van der Waals surface area contributed by atoms with Crippen LogP contribution < -0.4 is 0 Å². The van der Waals surface area contributed by atoms with Gasteiger partial charge in [0.25, 0.3) is 0 Å². The van der Waals surface area contributed by atoms with Crippen LogP contribution in [0.2, 0.25) is 0 Å². The summed E-state index contributed by atoms with van der Waals surface area (Å²) >= 11 is 10.4. The molecule has 0 bridgehead atoms. The first kappa shape index (κ1) is 13.3. The van der Waals surface area contributed by atoms with Gasteiger partial charge in [0, 0.05) is 12.6 Å². The summed E-state index contributed by atoms with van der Waals surface area (Å²) in [5, 5.41) is 8.82. The molecule has 0 aliphatic carbocycles. The van der Waals surface area contributed by atoms with Crippen molar-refractivity contribution < 1.29 is 0 Å². The van der Waals surface area contributed by atoms with E-state index >= 15 is 0 Å². The minimum absolute atomic E-state index is 0.682. The van der Waals surface area contributed by atoms with Crippen LogP contribution in [0.4, 0.5) is 0 Å². The topological polar surface area (TPSA) is 35.6 Å². The summed E-state index contributed by atoms with van der Waals surface area (Å²) in [7, 11) is 0. The molecule has 0 aromatic carbocycles. The van der Waals surface area contributed by atoms with Crippen molar-refractivity contribution in [3.8, 4) is 0 Å². The van der Waals surface area contributed by atoms with Crippen molar-refractivity contribution in [3.63, 3.8) is 0 Å². The molecule has 0 saturated heterocycles. The van der Waals surface area contributed by atoms with E-state index in [0.717, 1.165) is 31.6 Å². The molecule has 0 N–H and O–H groups in total. The molecule has 0 unspecified atom stereocenters. The van der Waals surface area contributed by atoms with Crippen LogP contribution in [-0.4, -0.2) is 19.6 Å². The van der Waals surface area contributed by atoms with E-state index in [1.807, 2.05) is 22.4 Å². The number of hydrogen-bond donors (Lipinski definition) is 0. The monoisotopic (exact) mass is 424 g/mol. The van der Waals surface area contributed by atoms with Crippen LogP contribution in [-0.2, 0) is 13.1 Å². The highest BCUT2D eigenvalue weighted by atomic mass is 79.9. The van der Waals surface area contributed by atoms with Gasteiger partial charge in [-0.1, -0.05) is 0 Å². The van der Waals surface area contributed by atoms with E-state index in [0.29, 0.717) is 6.54 Å². The Morgan fingerprint density at radius 1 is 1.18 bits per heavy atom. The van der Waals surface area contributed by atoms with Gasteiger partial charge in [0.1, 0.15) is 9.21 Å². The van der Waals surface area contributed by atoms with Gasteiger partial charge < -0.3 is 0 Å². The van der Waals surface area contributed by atoms with E-state index < -0.39 is 0 Å². The lowest BCUT2D eigenvalue weighted by Crippen LogP contribution is -2.09. The Kier molecular flexibility index (Phi) is 4.10. The number of halogens is 3. The third-order valence-corrected chi connectivity index (χ3v) is 4.51. The molecule has 0 spiro atoms. The van der Waals surface area contributed by atoms with Crippen molar-refractivity contribution in [1.29, 1.82) is 0 Å². The zero-order chi connectivity index (χ0) is 12.6. The van der Waals surface area contributed by atoms with Crippen molar-refractivity contribution in [2.45, 2.75) is 26.9 Å². The lowest BCUT2D eigenvalue weighted by molar-refractivity contribution is 0.568. The molecule has 0 atom stereocenters. The minimum atomic E-state index is 0.682. The predicted molar refractivity (Wildman–Crippen MR) is 77.1 cm³/mol. The molecule has 2 heterocycles. The fourth-order valence-corrected chi connectivity index (χ4v) is 3.18. The molecule has 4 nitrogen and oxygen atoms in total. The van der Waals surface area contributed by atoms with Gasteiger partial charge in [-0.05, 0) is 61.6 Å². The summed E-state index contributed by atoms with van der Waals surface area (Å²) in [6.45, 7) is 5.60. The molecule has 2 aromatic heterocycles. The second-order valence-electron chi connectivity index (χ2n) is 3.61. The van der Waals surface area contributed by atoms with Gasteiger partial charge in [-0.25, -0.2) is 0 Å². The standard InChI is InChI=1S/C10H11Br3N4/c1-3-16-7(10(13)6(2)14-16)5-17-9(12)4-8(11)15-17/h4H,3,5H2,1-2H3. The van der Waals surface area contributed by atoms with Crippen LogP contribution in [0.25, 0.3) is 0 Å². The lowest BCUT2D eigenvalue weighted by Gasteiger charge is -2.06. The minimum Gasteiger partial charge on any atom is -0.267 e. The molecule has 2 aromatic rings. The van der Waals surface area contributed by atoms with E-state index in [4.69, 9.17) is 0 Å². The fourth-order valence-electron chi connectivity index (χ4n) is 1.64. The highest BCUT2D eigenvalue weighted by Gasteiger charge is 2.14. The summed E-state index contributed by atoms with van der Waals surface area (Å²) in [5.74, 6) is 0. The van der Waals surface area contributed by atoms with E-state index in [-0.39, 0.29) is 0 Å². The summed E-state index contributed by atoms with van der Waals surface area (Å²) < 4.78 is 6.69. The third-order valence-electron chi connectivity index (χ3n) is 2.45. The second-order valence-corrected chi connectivity index (χ2v) is 6.03. The maximum atomic E-state index is 4.46. The first-order valence-electron chi connectivity index (χ1n) is 5.13. The molecule has 0 aliphatic heterocycles. The SMILES string of the molecule is CCn1nc(C)c(Br)c1Cn1nc(Br)cc1Br. The van der Waals surface area contributed by atoms with Crippen molar-refractivity contribution in [2.75, 3.05) is 0 Å². The molecule has 0 saturated carbocycles. The van der Waals surface area contributed by atoms with Gasteiger partial charge in [-0.15, -0.1) is 0 Å². The lowest BCUT2D eigenvalue weighted by atomic mass is 10.3. The van der Waals surface area contributed by atoms with E-state index in [1.165, 1.54) is 0 Å². The van der Waals surface area contributed by atoms with Gasteiger partial charge >= 0.3 is 0 Å². The first-order chi connectivity index (χ1) is 8.02. The van der Waals surface area contributed by atoms with Crippen LogP contribution in [0.3, 0.4) is 0 Å². The van der Waals surface area contributed by atoms with E-state index in [9.17, 15) is 0 Å². The molecule has 0 fully saturated rings. The summed E-state index contributed by atoms with van der Waals surface area (Å²) in [5.41, 5.74) is 2.13. The summed E-state index contributed by atoms with van der Waals surface area (Å²) in [6, 6.07) is 1.92. The maximum Gasteiger partial charge on any atom is 0.129 e. The number of nitrogens with zero attached hydrogens (tertiary/aromatic N) is 4. The van der Waals surface area contributed by atoms with E-state index in [2.05, 4.69) is 64.9 Å². The normalized spacial score (nSPS) is 11.1. The number of aryl methyl sites for hydroxylation is 2. The van der Waals surface area contributed by atoms with Crippen LogP contribution >= 0.6 is 47.8 Å². The summed E-state index contributed by atoms with van der Waals surface area (Å²) in [6.07, 6.45) is 0. The highest BCUT2D eigenvalue weighted by molar-refractivity contribution is 9.11. The molecule has 92 valence electrons. The van der Waals surface area contributed by atoms with Crippen molar-refractivity contribution in [2.24, 2.45) is 0 Å². The van der Waals surface area contributed by atoms with E-state index in [1.54, 1.807) is 0 Å². The number of rotatable bonds is 3. The Labute approximate surface area is 125 Å². The van der Waals surface area contributed by atoms with Gasteiger partial charge in [0.2, 0.25) is 0 Å². The fraction of sp³-hybridized carbons (Fsp3) is 0.400. The largest absolute Gasteiger partial charge is 0.267 e. The zero-order valence-corrected chi connectivity index (χ0v) is 14.2. The Balaban J connectivity index is 2.38. The Bertz CT molecular complexity index is 544. The van der Waals surface area contributed by atoms with Crippen molar-refractivity contribution in [3.05, 3.63) is 31.1 Å². The van der Waals surface area contributed by atoms with Crippen molar-refractivity contribution in [1.82, 2.24) is 19.6 Å². The van der Waals surface area contributed by atoms with Crippen LogP contribution in [0.5, 0.6) is 0 Å². The molecule has 0 radical (unpaired) electrons. The molecule has 0 amide bonds. The maximum absolute atomic E-state index is 4.46. The first-order valence-corrected chi connectivity index (χ1v) is 7.51. The Morgan fingerprint density at radius 3 is 2.41 bits per heavy atom. The molecule has 7 heteroatoms. The molecule has 17 heavy (non-hydrogen) atoms. The van der Waals surface area contributed by atoms with Gasteiger partial charge in [-0.2, -0.15) is 10.2 Å². The third kappa shape index (κ3) is 2.66. The average Bonchev–Trinajstić information content (AvgIpc) is 2.73.